The van der Waals surface area contributed by atoms with Gasteiger partial charge in [-0.15, -0.1) is 0 Å². The van der Waals surface area contributed by atoms with Crippen LogP contribution in [0.1, 0.15) is 11.3 Å². The van der Waals surface area contributed by atoms with E-state index in [2.05, 4.69) is 16.3 Å². The molecule has 0 fully saturated rings. The average Bonchev–Trinajstić information content (AvgIpc) is 2.69. The second-order valence-electron chi connectivity index (χ2n) is 2.77. The van der Waals surface area contributed by atoms with Gasteiger partial charge in [0.15, 0.2) is 0 Å². The summed E-state index contributed by atoms with van der Waals surface area (Å²) >= 11 is 0. The number of rotatable bonds is 2. The minimum absolute atomic E-state index is 0.237. The fourth-order valence-corrected chi connectivity index (χ4v) is 1.10. The van der Waals surface area contributed by atoms with Crippen LogP contribution >= 0.6 is 0 Å². The fraction of sp³-hybridized carbons (Fsp3) is 0. The van der Waals surface area contributed by atoms with Gasteiger partial charge in [-0.2, -0.15) is 5.10 Å². The third-order valence-electron chi connectivity index (χ3n) is 1.80. The van der Waals surface area contributed by atoms with E-state index in [-0.39, 0.29) is 5.82 Å². The molecule has 1 aromatic carbocycles. The minimum atomic E-state index is -0.237. The molecule has 3 heteroatoms. The summed E-state index contributed by atoms with van der Waals surface area (Å²) in [6, 6.07) is 9.43. The van der Waals surface area contributed by atoms with Crippen molar-refractivity contribution in [3.8, 4) is 0 Å². The third kappa shape index (κ3) is 1.88. The van der Waals surface area contributed by atoms with Crippen LogP contribution in [-0.2, 0) is 0 Å². The Balaban J connectivity index is 2.23. The van der Waals surface area contributed by atoms with Crippen LogP contribution in [0.25, 0.3) is 12.2 Å². The van der Waals surface area contributed by atoms with Crippen LogP contribution in [0, 0.1) is 11.9 Å². The lowest BCUT2D eigenvalue weighted by Crippen LogP contribution is -1.79. The molecular weight excluding hydrogens is 179 g/mol. The number of nitrogens with zero attached hydrogens (tertiary/aromatic N) is 1. The van der Waals surface area contributed by atoms with Crippen LogP contribution in [0.5, 0.6) is 0 Å². The Labute approximate surface area is 81.1 Å². The molecular formula is C11H8FN2. The van der Waals surface area contributed by atoms with Gasteiger partial charge >= 0.3 is 0 Å². The third-order valence-corrected chi connectivity index (χ3v) is 1.80. The maximum Gasteiger partial charge on any atom is 0.130 e. The first-order valence-corrected chi connectivity index (χ1v) is 4.20. The van der Waals surface area contributed by atoms with Gasteiger partial charge in [0.2, 0.25) is 0 Å². The maximum atomic E-state index is 13.1. The van der Waals surface area contributed by atoms with E-state index < -0.39 is 0 Å². The summed E-state index contributed by atoms with van der Waals surface area (Å²) in [6.45, 7) is 0. The highest BCUT2D eigenvalue weighted by atomic mass is 19.1. The molecule has 1 N–H and O–H groups in total. The van der Waals surface area contributed by atoms with Crippen molar-refractivity contribution in [3.63, 3.8) is 0 Å². The van der Waals surface area contributed by atoms with Gasteiger partial charge in [0.25, 0.3) is 0 Å². The first-order valence-electron chi connectivity index (χ1n) is 4.20. The molecule has 69 valence electrons. The summed E-state index contributed by atoms with van der Waals surface area (Å²) in [6.07, 6.45) is 4.97. The molecule has 1 aromatic heterocycles. The number of H-pyrrole nitrogens is 1. The van der Waals surface area contributed by atoms with E-state index in [1.165, 1.54) is 6.07 Å². The van der Waals surface area contributed by atoms with Crippen LogP contribution in [-0.4, -0.2) is 10.2 Å². The molecule has 2 aromatic rings. The van der Waals surface area contributed by atoms with E-state index in [0.717, 1.165) is 0 Å². The zero-order chi connectivity index (χ0) is 9.80. The topological polar surface area (TPSA) is 28.7 Å². The predicted octanol–water partition coefficient (Wildman–Crippen LogP) is 2.52. The Morgan fingerprint density at radius 1 is 1.29 bits per heavy atom. The lowest BCUT2D eigenvalue weighted by atomic mass is 10.2. The van der Waals surface area contributed by atoms with Crippen molar-refractivity contribution in [2.24, 2.45) is 0 Å². The molecule has 0 aliphatic rings. The van der Waals surface area contributed by atoms with E-state index in [9.17, 15) is 4.39 Å². The Bertz CT molecular complexity index is 432. The highest BCUT2D eigenvalue weighted by Crippen LogP contribution is 2.09. The summed E-state index contributed by atoms with van der Waals surface area (Å²) in [4.78, 5) is 0. The van der Waals surface area contributed by atoms with E-state index in [0.29, 0.717) is 11.3 Å². The smallest absolute Gasteiger partial charge is 0.130 e. The molecule has 2 rings (SSSR count). The molecule has 1 heterocycles. The SMILES string of the molecule is Fc1ccccc1C=Cc1[c]c[nH]n1. The van der Waals surface area contributed by atoms with Crippen molar-refractivity contribution in [1.29, 1.82) is 0 Å². The number of aromatic amines is 1. The van der Waals surface area contributed by atoms with Crippen LogP contribution in [0.4, 0.5) is 4.39 Å². The Morgan fingerprint density at radius 3 is 2.86 bits per heavy atom. The number of nitrogens with one attached hydrogen (secondary N) is 1. The lowest BCUT2D eigenvalue weighted by Gasteiger charge is -1.93. The van der Waals surface area contributed by atoms with E-state index in [4.69, 9.17) is 0 Å². The summed E-state index contributed by atoms with van der Waals surface area (Å²) in [5, 5.41) is 6.50. The first kappa shape index (κ1) is 8.69. The monoisotopic (exact) mass is 187 g/mol. The zero-order valence-corrected chi connectivity index (χ0v) is 7.37. The number of benzene rings is 1. The highest BCUT2D eigenvalue weighted by molar-refractivity contribution is 5.67. The van der Waals surface area contributed by atoms with Crippen LogP contribution in [0.15, 0.2) is 30.5 Å². The number of hydrogen-bond acceptors (Lipinski definition) is 1. The second-order valence-corrected chi connectivity index (χ2v) is 2.77. The van der Waals surface area contributed by atoms with Gasteiger partial charge in [-0.25, -0.2) is 4.39 Å². The van der Waals surface area contributed by atoms with Gasteiger partial charge in [-0.1, -0.05) is 18.2 Å². The summed E-state index contributed by atoms with van der Waals surface area (Å²) < 4.78 is 13.1. The lowest BCUT2D eigenvalue weighted by molar-refractivity contribution is 0.625. The number of halogens is 1. The van der Waals surface area contributed by atoms with E-state index >= 15 is 0 Å². The van der Waals surface area contributed by atoms with E-state index in [1.54, 1.807) is 36.5 Å². The molecule has 0 amide bonds. The molecule has 0 atom stereocenters. The summed E-state index contributed by atoms with van der Waals surface area (Å²) in [5.74, 6) is -0.237. The molecule has 0 saturated carbocycles. The van der Waals surface area contributed by atoms with Crippen LogP contribution in [0.3, 0.4) is 0 Å². The maximum absolute atomic E-state index is 13.1. The van der Waals surface area contributed by atoms with Crippen molar-refractivity contribution in [1.82, 2.24) is 10.2 Å². The summed E-state index contributed by atoms with van der Waals surface area (Å²) in [5.41, 5.74) is 1.21. The van der Waals surface area contributed by atoms with Crippen molar-refractivity contribution in [2.75, 3.05) is 0 Å². The van der Waals surface area contributed by atoms with Crippen molar-refractivity contribution in [3.05, 3.63) is 53.6 Å². The molecule has 0 aliphatic carbocycles. The van der Waals surface area contributed by atoms with Gasteiger partial charge in [0.05, 0.1) is 5.69 Å². The van der Waals surface area contributed by atoms with E-state index in [1.807, 2.05) is 0 Å². The van der Waals surface area contributed by atoms with Gasteiger partial charge in [-0.3, -0.25) is 5.10 Å². The molecule has 0 aliphatic heterocycles. The standard InChI is InChI=1S/C11H8FN2/c12-11-4-2-1-3-9(11)5-6-10-7-8-13-14-10/h1-6,8H,(H,13,14). The van der Waals surface area contributed by atoms with Crippen molar-refractivity contribution >= 4 is 12.2 Å². The zero-order valence-electron chi connectivity index (χ0n) is 7.37. The average molecular weight is 187 g/mol. The second kappa shape index (κ2) is 3.87. The fourth-order valence-electron chi connectivity index (χ4n) is 1.10. The van der Waals surface area contributed by atoms with Gasteiger partial charge in [0.1, 0.15) is 5.82 Å². The Kier molecular flexibility index (Phi) is 2.40. The van der Waals surface area contributed by atoms with Gasteiger partial charge in [-0.05, 0) is 18.2 Å². The Hall–Kier alpha value is -1.90. The molecule has 0 spiro atoms. The number of aromatic nitrogens is 2. The van der Waals surface area contributed by atoms with Crippen LogP contribution in [0.2, 0.25) is 0 Å². The first-order chi connectivity index (χ1) is 6.86. The largest absolute Gasteiger partial charge is 0.284 e. The minimum Gasteiger partial charge on any atom is -0.284 e. The van der Waals surface area contributed by atoms with Crippen LogP contribution < -0.4 is 0 Å². The quantitative estimate of drug-likeness (QED) is 0.768. The molecule has 0 unspecified atom stereocenters. The normalized spacial score (nSPS) is 10.9. The molecule has 14 heavy (non-hydrogen) atoms. The van der Waals surface area contributed by atoms with Gasteiger partial charge < -0.3 is 0 Å². The van der Waals surface area contributed by atoms with Crippen molar-refractivity contribution < 1.29 is 4.39 Å². The highest BCUT2D eigenvalue weighted by Gasteiger charge is 1.95. The molecule has 1 radical (unpaired) electrons. The number of hydrogen-bond donors (Lipinski definition) is 1. The van der Waals surface area contributed by atoms with Crippen molar-refractivity contribution in [2.45, 2.75) is 0 Å². The molecule has 0 saturated heterocycles. The molecule has 0 bridgehead atoms. The predicted molar refractivity (Wildman–Crippen MR) is 52.8 cm³/mol. The summed E-state index contributed by atoms with van der Waals surface area (Å²) in [7, 11) is 0. The Morgan fingerprint density at radius 2 is 2.14 bits per heavy atom. The van der Waals surface area contributed by atoms with Gasteiger partial charge in [0, 0.05) is 17.8 Å². The molecule has 2 nitrogen and oxygen atoms in total.